The molecule has 0 bridgehead atoms. The van der Waals surface area contributed by atoms with Crippen LogP contribution in [0.15, 0.2) is 48.5 Å². The van der Waals surface area contributed by atoms with Crippen molar-refractivity contribution in [3.63, 3.8) is 0 Å². The summed E-state index contributed by atoms with van der Waals surface area (Å²) in [7, 11) is 4.16. The third-order valence-corrected chi connectivity index (χ3v) is 5.09. The maximum Gasteiger partial charge on any atom is 0.418 e. The summed E-state index contributed by atoms with van der Waals surface area (Å²) in [5.41, 5.74) is -0.987. The van der Waals surface area contributed by atoms with Crippen LogP contribution in [0.25, 0.3) is 11.3 Å². The van der Waals surface area contributed by atoms with Gasteiger partial charge < -0.3 is 20.1 Å². The number of Topliss-reactive ketones (excluding diaryl/α,β-unsaturated/α-hetero) is 1. The second kappa shape index (κ2) is 10.9. The minimum atomic E-state index is -4.79. The van der Waals surface area contributed by atoms with Crippen LogP contribution in [0.5, 0.6) is 5.88 Å². The number of carboxylic acid groups (broad SMARTS) is 1. The molecule has 2 amide bonds. The summed E-state index contributed by atoms with van der Waals surface area (Å²) in [5.74, 6) is -1.25. The molecule has 3 rings (SSSR count). The van der Waals surface area contributed by atoms with Crippen molar-refractivity contribution >= 4 is 34.8 Å². The third kappa shape index (κ3) is 6.72. The number of hydrogen-bond donors (Lipinski definition) is 3. The Morgan fingerprint density at radius 1 is 1.00 bits per heavy atom. The van der Waals surface area contributed by atoms with Gasteiger partial charge in [0.25, 0.3) is 0 Å². The van der Waals surface area contributed by atoms with Gasteiger partial charge in [-0.15, -0.1) is 10.2 Å². The number of nitrogens with one attached hydrogen (secondary N) is 2. The largest absolute Gasteiger partial charge is 0.480 e. The summed E-state index contributed by atoms with van der Waals surface area (Å²) in [6.45, 7) is 0. The van der Waals surface area contributed by atoms with E-state index < -0.39 is 41.6 Å². The molecule has 2 aromatic carbocycles. The Morgan fingerprint density at radius 3 is 2.27 bits per heavy atom. The van der Waals surface area contributed by atoms with E-state index in [0.717, 1.165) is 11.0 Å². The zero-order valence-corrected chi connectivity index (χ0v) is 19.9. The molecule has 13 heteroatoms. The second-order valence-corrected chi connectivity index (χ2v) is 7.93. The van der Waals surface area contributed by atoms with Crippen molar-refractivity contribution in [2.24, 2.45) is 0 Å². The first-order valence-electron chi connectivity index (χ1n) is 10.6. The maximum absolute atomic E-state index is 13.6. The number of rotatable bonds is 8. The average molecular weight is 517 g/mol. The van der Waals surface area contributed by atoms with Crippen molar-refractivity contribution in [3.8, 4) is 17.1 Å². The number of alkyl halides is 3. The Hall–Kier alpha value is -4.68. The Bertz CT molecular complexity index is 1330. The second-order valence-electron chi connectivity index (χ2n) is 7.93. The quantitative estimate of drug-likeness (QED) is 0.293. The molecule has 3 aromatic rings. The third-order valence-electron chi connectivity index (χ3n) is 5.09. The number of aromatic nitrogens is 2. The Labute approximate surface area is 209 Å². The first-order valence-corrected chi connectivity index (χ1v) is 10.6. The fraction of sp³-hybridized carbons (Fsp3) is 0.208. The number of nitrogens with zero attached hydrogens (tertiary/aromatic N) is 3. The van der Waals surface area contributed by atoms with Gasteiger partial charge in [-0.1, -0.05) is 18.2 Å². The van der Waals surface area contributed by atoms with Gasteiger partial charge >= 0.3 is 12.3 Å². The highest BCUT2D eigenvalue weighted by atomic mass is 19.4. The summed E-state index contributed by atoms with van der Waals surface area (Å²) in [4.78, 5) is 37.7. The number of methoxy groups -OCH3 is 1. The molecule has 0 aliphatic carbocycles. The Morgan fingerprint density at radius 2 is 1.70 bits per heavy atom. The van der Waals surface area contributed by atoms with Crippen LogP contribution < -0.4 is 20.3 Å². The smallest absolute Gasteiger partial charge is 0.418 e. The Balaban J connectivity index is 1.85. The molecule has 0 aliphatic heterocycles. The zero-order valence-electron chi connectivity index (χ0n) is 19.9. The number of carbonyl (C=O) groups is 3. The molecule has 0 saturated heterocycles. The molecule has 1 aromatic heterocycles. The monoisotopic (exact) mass is 517 g/mol. The average Bonchev–Trinajstić information content (AvgIpc) is 2.83. The molecule has 10 nitrogen and oxygen atoms in total. The molecule has 3 N–H and O–H groups in total. The first kappa shape index (κ1) is 26.9. The van der Waals surface area contributed by atoms with Crippen molar-refractivity contribution in [3.05, 3.63) is 59.7 Å². The van der Waals surface area contributed by atoms with Crippen LogP contribution in [0.4, 0.5) is 35.0 Å². The minimum Gasteiger partial charge on any atom is -0.480 e. The molecule has 37 heavy (non-hydrogen) atoms. The molecular formula is C24H22F3N5O5. The lowest BCUT2D eigenvalue weighted by Crippen LogP contribution is -2.21. The number of anilines is 3. The summed E-state index contributed by atoms with van der Waals surface area (Å²) in [5, 5.41) is 21.1. The van der Waals surface area contributed by atoms with E-state index in [-0.39, 0.29) is 16.9 Å². The molecule has 0 unspecified atom stereocenters. The van der Waals surface area contributed by atoms with Gasteiger partial charge in [-0.25, -0.2) is 4.79 Å². The lowest BCUT2D eigenvalue weighted by molar-refractivity contribution is -0.137. The number of benzene rings is 2. The molecule has 0 atom stereocenters. The normalized spacial score (nSPS) is 11.0. The maximum atomic E-state index is 13.6. The summed E-state index contributed by atoms with van der Waals surface area (Å²) in [6.07, 6.45) is -7.04. The number of amides is 2. The molecular weight excluding hydrogens is 495 g/mol. The van der Waals surface area contributed by atoms with Crippen molar-refractivity contribution < 1.29 is 37.4 Å². The van der Waals surface area contributed by atoms with Crippen LogP contribution in [0.3, 0.4) is 0 Å². The SMILES string of the molecule is COc1ccc(-c2cccc(C(=O)CC(=O)Nc3cc(C(F)(F)F)c(N(C)C)cc3NC(=O)O)c2)nn1. The van der Waals surface area contributed by atoms with Gasteiger partial charge in [-0.2, -0.15) is 13.2 Å². The molecule has 194 valence electrons. The predicted molar refractivity (Wildman–Crippen MR) is 129 cm³/mol. The van der Waals surface area contributed by atoms with E-state index in [4.69, 9.17) is 9.84 Å². The van der Waals surface area contributed by atoms with E-state index in [1.807, 2.05) is 5.32 Å². The van der Waals surface area contributed by atoms with Crippen LogP contribution in [0, 0.1) is 0 Å². The van der Waals surface area contributed by atoms with Gasteiger partial charge in [0, 0.05) is 31.3 Å². The van der Waals surface area contributed by atoms with E-state index in [0.29, 0.717) is 23.2 Å². The first-order chi connectivity index (χ1) is 17.4. The van der Waals surface area contributed by atoms with Gasteiger partial charge in [0.05, 0.1) is 41.9 Å². The highest BCUT2D eigenvalue weighted by Gasteiger charge is 2.35. The minimum absolute atomic E-state index is 0.160. The molecule has 0 aliphatic rings. The van der Waals surface area contributed by atoms with E-state index in [9.17, 15) is 27.6 Å². The fourth-order valence-corrected chi connectivity index (χ4v) is 3.38. The number of halogens is 3. The van der Waals surface area contributed by atoms with Crippen molar-refractivity contribution in [1.82, 2.24) is 10.2 Å². The molecule has 0 radical (unpaired) electrons. The number of ketones is 1. The van der Waals surface area contributed by atoms with Crippen molar-refractivity contribution in [2.75, 3.05) is 36.7 Å². The van der Waals surface area contributed by atoms with Crippen molar-refractivity contribution in [1.29, 1.82) is 0 Å². The van der Waals surface area contributed by atoms with Crippen LogP contribution in [0.2, 0.25) is 0 Å². The number of ether oxygens (including phenoxy) is 1. The van der Waals surface area contributed by atoms with Crippen LogP contribution in [0.1, 0.15) is 22.3 Å². The van der Waals surface area contributed by atoms with Gasteiger partial charge in [-0.3, -0.25) is 14.9 Å². The standard InChI is InChI=1S/C24H22F3N5O5/c1-32(2)19-11-18(29-23(35)36)17(10-15(19)24(25,26)27)28-21(34)12-20(33)14-6-4-5-13(9-14)16-7-8-22(37-3)31-30-16/h4-11,29H,12H2,1-3H3,(H,28,34)(H,35,36). The molecule has 0 saturated carbocycles. The van der Waals surface area contributed by atoms with Crippen LogP contribution >= 0.6 is 0 Å². The molecule has 0 spiro atoms. The highest BCUT2D eigenvalue weighted by Crippen LogP contribution is 2.41. The zero-order chi connectivity index (χ0) is 27.3. The summed E-state index contributed by atoms with van der Waals surface area (Å²) in [6, 6.07) is 11.0. The van der Waals surface area contributed by atoms with E-state index in [1.54, 1.807) is 24.3 Å². The van der Waals surface area contributed by atoms with E-state index in [2.05, 4.69) is 15.5 Å². The van der Waals surface area contributed by atoms with Gasteiger partial charge in [-0.05, 0) is 24.3 Å². The van der Waals surface area contributed by atoms with Gasteiger partial charge in [0.15, 0.2) is 5.78 Å². The Kier molecular flexibility index (Phi) is 7.95. The molecule has 1 heterocycles. The van der Waals surface area contributed by atoms with Crippen molar-refractivity contribution in [2.45, 2.75) is 12.6 Å². The summed E-state index contributed by atoms with van der Waals surface area (Å²) >= 11 is 0. The number of hydrogen-bond acceptors (Lipinski definition) is 7. The summed E-state index contributed by atoms with van der Waals surface area (Å²) < 4.78 is 45.8. The lowest BCUT2D eigenvalue weighted by atomic mass is 10.0. The van der Waals surface area contributed by atoms with Gasteiger partial charge in [0.1, 0.15) is 0 Å². The molecule has 0 fully saturated rings. The van der Waals surface area contributed by atoms with Crippen LogP contribution in [-0.2, 0) is 11.0 Å². The highest BCUT2D eigenvalue weighted by molar-refractivity contribution is 6.12. The predicted octanol–water partition coefficient (Wildman–Crippen LogP) is 4.54. The fourth-order valence-electron chi connectivity index (χ4n) is 3.38. The lowest BCUT2D eigenvalue weighted by Gasteiger charge is -2.22. The van der Waals surface area contributed by atoms with E-state index >= 15 is 0 Å². The number of carbonyl (C=O) groups excluding carboxylic acids is 2. The van der Waals surface area contributed by atoms with Crippen LogP contribution in [-0.4, -0.2) is 54.3 Å². The van der Waals surface area contributed by atoms with Gasteiger partial charge in [0.2, 0.25) is 11.8 Å². The van der Waals surface area contributed by atoms with E-state index in [1.165, 1.54) is 33.3 Å². The topological polar surface area (TPSA) is 134 Å².